The SMILES string of the molecule is COc1cc(/C=C2\CN(C)CC3=C2OC(N)=C(C#N)C3c2ccc(O)c(OC)c2)ccc1O. The van der Waals surface area contributed by atoms with E-state index in [9.17, 15) is 15.5 Å². The second-order valence-electron chi connectivity index (χ2n) is 7.98. The number of nitriles is 1. The van der Waals surface area contributed by atoms with Crippen LogP contribution in [0.15, 0.2) is 64.8 Å². The van der Waals surface area contributed by atoms with Gasteiger partial charge in [0.25, 0.3) is 0 Å². The molecule has 1 unspecified atom stereocenters. The van der Waals surface area contributed by atoms with E-state index in [1.165, 1.54) is 14.2 Å². The standard InChI is InChI=1S/C25H25N3O5/c1-28-12-16(8-14-4-6-19(29)21(9-14)31-2)24-18(13-28)23(17(11-26)25(27)33-24)15-5-7-20(30)22(10-15)32-3/h4-10,23,29-30H,12-13,27H2,1-3H3/b16-8+. The summed E-state index contributed by atoms with van der Waals surface area (Å²) in [6, 6.07) is 12.3. The topological polar surface area (TPSA) is 121 Å². The summed E-state index contributed by atoms with van der Waals surface area (Å²) < 4.78 is 16.5. The Balaban J connectivity index is 1.87. The van der Waals surface area contributed by atoms with Crippen molar-refractivity contribution in [3.63, 3.8) is 0 Å². The third-order valence-electron chi connectivity index (χ3n) is 5.78. The van der Waals surface area contributed by atoms with Gasteiger partial charge in [-0.3, -0.25) is 4.90 Å². The highest BCUT2D eigenvalue weighted by Gasteiger charge is 2.37. The van der Waals surface area contributed by atoms with Crippen LogP contribution in [0, 0.1) is 11.3 Å². The van der Waals surface area contributed by atoms with Crippen LogP contribution in [0.5, 0.6) is 23.0 Å². The molecule has 2 aliphatic heterocycles. The van der Waals surface area contributed by atoms with Crippen molar-refractivity contribution in [1.82, 2.24) is 4.90 Å². The number of likely N-dealkylation sites (N-methyl/N-ethyl adjacent to an activating group) is 1. The first-order valence-electron chi connectivity index (χ1n) is 10.3. The van der Waals surface area contributed by atoms with E-state index in [-0.39, 0.29) is 17.4 Å². The van der Waals surface area contributed by atoms with Gasteiger partial charge in [-0.15, -0.1) is 0 Å². The van der Waals surface area contributed by atoms with Crippen molar-refractivity contribution >= 4 is 6.08 Å². The van der Waals surface area contributed by atoms with Gasteiger partial charge in [-0.25, -0.2) is 0 Å². The number of allylic oxidation sites excluding steroid dienone is 1. The van der Waals surface area contributed by atoms with Crippen molar-refractivity contribution in [3.05, 3.63) is 75.9 Å². The van der Waals surface area contributed by atoms with Crippen LogP contribution in [0.1, 0.15) is 17.0 Å². The Morgan fingerprint density at radius 1 is 1.09 bits per heavy atom. The molecule has 8 nitrogen and oxygen atoms in total. The largest absolute Gasteiger partial charge is 0.504 e. The summed E-state index contributed by atoms with van der Waals surface area (Å²) in [5, 5.41) is 29.8. The van der Waals surface area contributed by atoms with Crippen molar-refractivity contribution in [1.29, 1.82) is 5.26 Å². The minimum absolute atomic E-state index is 0.0144. The van der Waals surface area contributed by atoms with Gasteiger partial charge in [0.15, 0.2) is 23.0 Å². The number of ether oxygens (including phenoxy) is 3. The van der Waals surface area contributed by atoms with Crippen LogP contribution in [0.25, 0.3) is 6.08 Å². The number of aromatic hydroxyl groups is 2. The molecule has 0 saturated carbocycles. The third-order valence-corrected chi connectivity index (χ3v) is 5.78. The molecule has 0 aliphatic carbocycles. The minimum Gasteiger partial charge on any atom is -0.504 e. The van der Waals surface area contributed by atoms with E-state index in [1.54, 1.807) is 36.4 Å². The molecular weight excluding hydrogens is 422 g/mol. The van der Waals surface area contributed by atoms with Gasteiger partial charge in [0.2, 0.25) is 5.88 Å². The fraction of sp³-hybridized carbons (Fsp3) is 0.240. The third kappa shape index (κ3) is 4.06. The maximum atomic E-state index is 10.0. The van der Waals surface area contributed by atoms with Gasteiger partial charge >= 0.3 is 0 Å². The molecule has 170 valence electrons. The fourth-order valence-electron chi connectivity index (χ4n) is 4.28. The number of rotatable bonds is 4. The number of benzene rings is 2. The number of methoxy groups -OCH3 is 2. The van der Waals surface area contributed by atoms with E-state index in [1.807, 2.05) is 13.1 Å². The van der Waals surface area contributed by atoms with E-state index in [2.05, 4.69) is 11.0 Å². The number of hydrogen-bond acceptors (Lipinski definition) is 8. The molecule has 8 heteroatoms. The van der Waals surface area contributed by atoms with Crippen molar-refractivity contribution in [3.8, 4) is 29.1 Å². The monoisotopic (exact) mass is 447 g/mol. The van der Waals surface area contributed by atoms with Crippen LogP contribution in [0.3, 0.4) is 0 Å². The van der Waals surface area contributed by atoms with Gasteiger partial charge in [0.05, 0.1) is 20.1 Å². The lowest BCUT2D eigenvalue weighted by atomic mass is 9.80. The summed E-state index contributed by atoms with van der Waals surface area (Å²) in [7, 11) is 4.96. The zero-order valence-corrected chi connectivity index (χ0v) is 18.6. The van der Waals surface area contributed by atoms with Crippen molar-refractivity contribution in [2.75, 3.05) is 34.4 Å². The highest BCUT2D eigenvalue weighted by Crippen LogP contribution is 2.45. The lowest BCUT2D eigenvalue weighted by molar-refractivity contribution is 0.251. The predicted octanol–water partition coefficient (Wildman–Crippen LogP) is 3.21. The Morgan fingerprint density at radius 2 is 1.76 bits per heavy atom. The second-order valence-corrected chi connectivity index (χ2v) is 7.98. The van der Waals surface area contributed by atoms with Crippen LogP contribution < -0.4 is 15.2 Å². The molecule has 2 aromatic carbocycles. The van der Waals surface area contributed by atoms with E-state index in [0.29, 0.717) is 35.9 Å². The molecule has 2 aliphatic rings. The van der Waals surface area contributed by atoms with E-state index < -0.39 is 5.92 Å². The maximum Gasteiger partial charge on any atom is 0.205 e. The first-order valence-corrected chi connectivity index (χ1v) is 10.3. The van der Waals surface area contributed by atoms with E-state index in [4.69, 9.17) is 19.9 Å². The van der Waals surface area contributed by atoms with Crippen LogP contribution in [0.2, 0.25) is 0 Å². The molecule has 0 saturated heterocycles. The number of nitrogens with zero attached hydrogens (tertiary/aromatic N) is 2. The Bertz CT molecular complexity index is 1240. The molecule has 33 heavy (non-hydrogen) atoms. The van der Waals surface area contributed by atoms with Crippen LogP contribution in [-0.2, 0) is 4.74 Å². The van der Waals surface area contributed by atoms with Crippen LogP contribution in [-0.4, -0.2) is 49.5 Å². The quantitative estimate of drug-likeness (QED) is 0.653. The number of nitrogens with two attached hydrogens (primary N) is 1. The molecule has 1 atom stereocenters. The molecule has 0 radical (unpaired) electrons. The first kappa shape index (κ1) is 22.1. The Hall–Kier alpha value is -4.09. The highest BCUT2D eigenvalue weighted by molar-refractivity contribution is 5.65. The summed E-state index contributed by atoms with van der Waals surface area (Å²) in [6.07, 6.45) is 1.95. The summed E-state index contributed by atoms with van der Waals surface area (Å²) in [5.74, 6) is 0.970. The number of phenols is 2. The van der Waals surface area contributed by atoms with E-state index in [0.717, 1.165) is 22.3 Å². The summed E-state index contributed by atoms with van der Waals surface area (Å²) >= 11 is 0. The molecular formula is C25H25N3O5. The zero-order valence-electron chi connectivity index (χ0n) is 18.6. The zero-order chi connectivity index (χ0) is 23.7. The molecule has 0 aromatic heterocycles. The van der Waals surface area contributed by atoms with Gasteiger partial charge in [-0.05, 0) is 54.1 Å². The number of phenolic OH excluding ortho intramolecular Hbond substituents is 2. The molecule has 2 heterocycles. The molecule has 0 spiro atoms. The summed E-state index contributed by atoms with van der Waals surface area (Å²) in [5.41, 5.74) is 9.87. The molecule has 0 fully saturated rings. The minimum atomic E-state index is -0.450. The van der Waals surface area contributed by atoms with Gasteiger partial charge in [0, 0.05) is 18.7 Å². The average Bonchev–Trinajstić information content (AvgIpc) is 2.80. The van der Waals surface area contributed by atoms with Gasteiger partial charge in [0.1, 0.15) is 17.4 Å². The molecule has 0 amide bonds. The van der Waals surface area contributed by atoms with E-state index >= 15 is 0 Å². The molecule has 0 bridgehead atoms. The lowest BCUT2D eigenvalue weighted by Crippen LogP contribution is -2.35. The fourth-order valence-corrected chi connectivity index (χ4v) is 4.28. The lowest BCUT2D eigenvalue weighted by Gasteiger charge is -2.37. The molecule has 2 aromatic rings. The Kier molecular flexibility index (Phi) is 5.90. The summed E-state index contributed by atoms with van der Waals surface area (Å²) in [4.78, 5) is 2.12. The van der Waals surface area contributed by atoms with Gasteiger partial charge in [-0.2, -0.15) is 5.26 Å². The van der Waals surface area contributed by atoms with Crippen LogP contribution >= 0.6 is 0 Å². The molecule has 4 rings (SSSR count). The van der Waals surface area contributed by atoms with Crippen molar-refractivity contribution < 1.29 is 24.4 Å². The predicted molar refractivity (Wildman–Crippen MR) is 122 cm³/mol. The average molecular weight is 447 g/mol. The Labute approximate surface area is 192 Å². The number of hydrogen-bond donors (Lipinski definition) is 3. The maximum absolute atomic E-state index is 10.0. The second kappa shape index (κ2) is 8.81. The normalized spacial score (nSPS) is 19.7. The van der Waals surface area contributed by atoms with Gasteiger partial charge < -0.3 is 30.2 Å². The Morgan fingerprint density at radius 3 is 2.42 bits per heavy atom. The van der Waals surface area contributed by atoms with Crippen molar-refractivity contribution in [2.24, 2.45) is 5.73 Å². The highest BCUT2D eigenvalue weighted by atomic mass is 16.5. The van der Waals surface area contributed by atoms with Crippen LogP contribution in [0.4, 0.5) is 0 Å². The first-order chi connectivity index (χ1) is 15.9. The smallest absolute Gasteiger partial charge is 0.205 e. The molecule has 4 N–H and O–H groups in total. The van der Waals surface area contributed by atoms with Crippen molar-refractivity contribution in [2.45, 2.75) is 5.92 Å². The summed E-state index contributed by atoms with van der Waals surface area (Å²) in [6.45, 7) is 1.17. The van der Waals surface area contributed by atoms with Gasteiger partial charge in [-0.1, -0.05) is 12.1 Å².